The van der Waals surface area contributed by atoms with Crippen LogP contribution in [0.2, 0.25) is 0 Å². The average molecular weight is 256 g/mol. The third-order valence-electron chi connectivity index (χ3n) is 3.44. The molecule has 0 radical (unpaired) electrons. The van der Waals surface area contributed by atoms with Gasteiger partial charge >= 0.3 is 0 Å². The molecule has 1 rings (SSSR count). The molecular weight excluding hydrogens is 224 g/mol. The first kappa shape index (κ1) is 15.9. The minimum absolute atomic E-state index is 0.184. The number of methoxy groups -OCH3 is 1. The molecule has 1 saturated carbocycles. The Hall–Kier alpha value is -0.120. The van der Waals surface area contributed by atoms with Crippen LogP contribution in [0.5, 0.6) is 0 Å². The maximum absolute atomic E-state index is 5.42. The summed E-state index contributed by atoms with van der Waals surface area (Å²) in [5.41, 5.74) is 0.184. The predicted molar refractivity (Wildman–Crippen MR) is 78.0 cm³/mol. The Labute approximate surface area is 113 Å². The van der Waals surface area contributed by atoms with Gasteiger partial charge in [0.05, 0.1) is 6.61 Å². The van der Waals surface area contributed by atoms with E-state index >= 15 is 0 Å². The molecule has 18 heavy (non-hydrogen) atoms. The van der Waals surface area contributed by atoms with Gasteiger partial charge in [0.2, 0.25) is 0 Å². The summed E-state index contributed by atoms with van der Waals surface area (Å²) >= 11 is 0. The molecule has 1 unspecified atom stereocenters. The van der Waals surface area contributed by atoms with Gasteiger partial charge in [-0.15, -0.1) is 0 Å². The molecule has 0 aromatic carbocycles. The molecule has 0 saturated heterocycles. The highest BCUT2D eigenvalue weighted by Gasteiger charge is 2.28. The third kappa shape index (κ3) is 6.72. The Kier molecular flexibility index (Phi) is 6.61. The number of rotatable bonds is 9. The topological polar surface area (TPSA) is 24.5 Å². The maximum Gasteiger partial charge on any atom is 0.0630 e. The van der Waals surface area contributed by atoms with E-state index in [0.717, 1.165) is 19.1 Å². The monoisotopic (exact) mass is 256 g/mol. The van der Waals surface area contributed by atoms with E-state index in [4.69, 9.17) is 4.74 Å². The lowest BCUT2D eigenvalue weighted by molar-refractivity contribution is 0.0820. The minimum Gasteiger partial charge on any atom is -0.383 e. The number of ether oxygens (including phenoxy) is 1. The second-order valence-electron chi connectivity index (χ2n) is 6.68. The van der Waals surface area contributed by atoms with Crippen molar-refractivity contribution in [3.63, 3.8) is 0 Å². The van der Waals surface area contributed by atoms with Crippen LogP contribution < -0.4 is 5.32 Å². The first-order chi connectivity index (χ1) is 8.46. The van der Waals surface area contributed by atoms with E-state index in [1.807, 2.05) is 7.11 Å². The fourth-order valence-electron chi connectivity index (χ4n) is 2.25. The Morgan fingerprint density at radius 2 is 2.00 bits per heavy atom. The molecule has 0 spiro atoms. The van der Waals surface area contributed by atoms with E-state index in [9.17, 15) is 0 Å². The summed E-state index contributed by atoms with van der Waals surface area (Å²) in [6, 6.07) is 0.509. The highest BCUT2D eigenvalue weighted by molar-refractivity contribution is 4.84. The van der Waals surface area contributed by atoms with Gasteiger partial charge in [-0.05, 0) is 52.5 Å². The molecule has 1 fully saturated rings. The molecule has 0 aromatic rings. The first-order valence-electron chi connectivity index (χ1n) is 7.44. The maximum atomic E-state index is 5.42. The van der Waals surface area contributed by atoms with Crippen LogP contribution in [0, 0.1) is 5.92 Å². The van der Waals surface area contributed by atoms with E-state index in [-0.39, 0.29) is 5.54 Å². The molecule has 0 bridgehead atoms. The van der Waals surface area contributed by atoms with Gasteiger partial charge in [-0.3, -0.25) is 4.90 Å². The zero-order chi connectivity index (χ0) is 13.6. The van der Waals surface area contributed by atoms with Gasteiger partial charge < -0.3 is 10.1 Å². The molecule has 1 aliphatic carbocycles. The number of nitrogens with zero attached hydrogens (tertiary/aromatic N) is 1. The van der Waals surface area contributed by atoms with Crippen LogP contribution in [0.4, 0.5) is 0 Å². The fraction of sp³-hybridized carbons (Fsp3) is 1.00. The SMILES string of the molecule is CCCN(CC1CC1)C(CNC(C)(C)C)COC. The van der Waals surface area contributed by atoms with E-state index in [2.05, 4.69) is 37.9 Å². The van der Waals surface area contributed by atoms with Gasteiger partial charge in [-0.25, -0.2) is 0 Å². The predicted octanol–water partition coefficient (Wildman–Crippen LogP) is 2.51. The van der Waals surface area contributed by atoms with Crippen molar-refractivity contribution in [1.29, 1.82) is 0 Å². The average Bonchev–Trinajstić information content (AvgIpc) is 3.06. The number of hydrogen-bond acceptors (Lipinski definition) is 3. The molecule has 0 aromatic heterocycles. The summed E-state index contributed by atoms with van der Waals surface area (Å²) < 4.78 is 5.42. The molecule has 1 N–H and O–H groups in total. The van der Waals surface area contributed by atoms with Crippen LogP contribution in [-0.2, 0) is 4.74 Å². The number of hydrogen-bond donors (Lipinski definition) is 1. The largest absolute Gasteiger partial charge is 0.383 e. The lowest BCUT2D eigenvalue weighted by Gasteiger charge is -2.33. The van der Waals surface area contributed by atoms with Crippen molar-refractivity contribution in [3.8, 4) is 0 Å². The van der Waals surface area contributed by atoms with Crippen molar-refractivity contribution in [2.24, 2.45) is 5.92 Å². The van der Waals surface area contributed by atoms with Gasteiger partial charge in [0.1, 0.15) is 0 Å². The fourth-order valence-corrected chi connectivity index (χ4v) is 2.25. The molecule has 3 nitrogen and oxygen atoms in total. The molecule has 0 heterocycles. The van der Waals surface area contributed by atoms with E-state index in [0.29, 0.717) is 6.04 Å². The van der Waals surface area contributed by atoms with Crippen LogP contribution in [-0.4, -0.2) is 49.8 Å². The molecule has 1 aliphatic rings. The lowest BCUT2D eigenvalue weighted by atomic mass is 10.1. The van der Waals surface area contributed by atoms with Crippen LogP contribution in [0.25, 0.3) is 0 Å². The summed E-state index contributed by atoms with van der Waals surface area (Å²) in [5.74, 6) is 0.950. The molecular formula is C15H32N2O. The van der Waals surface area contributed by atoms with Gasteiger partial charge in [0.15, 0.2) is 0 Å². The van der Waals surface area contributed by atoms with Crippen molar-refractivity contribution in [1.82, 2.24) is 10.2 Å². The quantitative estimate of drug-likeness (QED) is 0.686. The van der Waals surface area contributed by atoms with Crippen molar-refractivity contribution >= 4 is 0 Å². The third-order valence-corrected chi connectivity index (χ3v) is 3.44. The highest BCUT2D eigenvalue weighted by Crippen LogP contribution is 2.30. The summed E-state index contributed by atoms with van der Waals surface area (Å²) in [7, 11) is 1.81. The summed E-state index contributed by atoms with van der Waals surface area (Å²) in [6.07, 6.45) is 4.07. The summed E-state index contributed by atoms with van der Waals surface area (Å²) in [6.45, 7) is 13.2. The molecule has 0 amide bonds. The lowest BCUT2D eigenvalue weighted by Crippen LogP contribution is -2.50. The standard InChI is InChI=1S/C15H32N2O/c1-6-9-17(11-13-7-8-13)14(12-18-5)10-16-15(2,3)4/h13-14,16H,6-12H2,1-5H3. The van der Waals surface area contributed by atoms with Crippen LogP contribution >= 0.6 is 0 Å². The molecule has 3 heteroatoms. The van der Waals surface area contributed by atoms with Gasteiger partial charge in [0.25, 0.3) is 0 Å². The molecule has 0 aliphatic heterocycles. The van der Waals surface area contributed by atoms with Crippen molar-refractivity contribution in [2.75, 3.05) is 33.4 Å². The van der Waals surface area contributed by atoms with Crippen molar-refractivity contribution in [3.05, 3.63) is 0 Å². The molecule has 1 atom stereocenters. The summed E-state index contributed by atoms with van der Waals surface area (Å²) in [4.78, 5) is 2.62. The summed E-state index contributed by atoms with van der Waals surface area (Å²) in [5, 5.41) is 3.62. The second-order valence-corrected chi connectivity index (χ2v) is 6.68. The first-order valence-corrected chi connectivity index (χ1v) is 7.44. The van der Waals surface area contributed by atoms with Crippen molar-refractivity contribution in [2.45, 2.75) is 58.5 Å². The Balaban J connectivity index is 2.47. The van der Waals surface area contributed by atoms with Gasteiger partial charge in [-0.1, -0.05) is 6.92 Å². The molecule has 108 valence electrons. The zero-order valence-electron chi connectivity index (χ0n) is 13.0. The Morgan fingerprint density at radius 1 is 1.33 bits per heavy atom. The van der Waals surface area contributed by atoms with E-state index in [1.165, 1.54) is 32.4 Å². The van der Waals surface area contributed by atoms with E-state index < -0.39 is 0 Å². The highest BCUT2D eigenvalue weighted by atomic mass is 16.5. The number of nitrogens with one attached hydrogen (secondary N) is 1. The normalized spacial score (nSPS) is 18.3. The van der Waals surface area contributed by atoms with E-state index in [1.54, 1.807) is 0 Å². The second kappa shape index (κ2) is 7.46. The van der Waals surface area contributed by atoms with Crippen LogP contribution in [0.15, 0.2) is 0 Å². The van der Waals surface area contributed by atoms with Gasteiger partial charge in [0, 0.05) is 31.8 Å². The minimum atomic E-state index is 0.184. The van der Waals surface area contributed by atoms with Gasteiger partial charge in [-0.2, -0.15) is 0 Å². The van der Waals surface area contributed by atoms with Crippen molar-refractivity contribution < 1.29 is 4.74 Å². The Morgan fingerprint density at radius 3 is 2.44 bits per heavy atom. The van der Waals surface area contributed by atoms with Crippen LogP contribution in [0.1, 0.15) is 47.0 Å². The smallest absolute Gasteiger partial charge is 0.0630 e. The van der Waals surface area contributed by atoms with Crippen LogP contribution in [0.3, 0.4) is 0 Å². The zero-order valence-corrected chi connectivity index (χ0v) is 13.0. The Bertz CT molecular complexity index is 221.